The minimum Gasteiger partial charge on any atom is -0.338 e. The molecule has 2 heterocycles. The van der Waals surface area contributed by atoms with Crippen molar-refractivity contribution in [3.63, 3.8) is 0 Å². The Morgan fingerprint density at radius 1 is 1.34 bits per heavy atom. The van der Waals surface area contributed by atoms with Gasteiger partial charge in [0.1, 0.15) is 0 Å². The fourth-order valence-corrected chi connectivity index (χ4v) is 6.22. The van der Waals surface area contributed by atoms with E-state index in [1.165, 1.54) is 11.8 Å². The van der Waals surface area contributed by atoms with Crippen molar-refractivity contribution in [1.82, 2.24) is 14.5 Å². The molecular weight excluding hydrogens is 406 g/mol. The zero-order valence-electron chi connectivity index (χ0n) is 17.5. The summed E-state index contributed by atoms with van der Waals surface area (Å²) in [5.74, 6) is 0.743. The van der Waals surface area contributed by atoms with Crippen molar-refractivity contribution in [2.24, 2.45) is 5.92 Å². The van der Waals surface area contributed by atoms with Gasteiger partial charge < -0.3 is 4.90 Å². The molecule has 0 N–H and O–H groups in total. The monoisotopic (exact) mass is 435 g/mol. The van der Waals surface area contributed by atoms with E-state index in [1.54, 1.807) is 11.1 Å². The highest BCUT2D eigenvalue weighted by atomic mass is 32.2. The van der Waals surface area contributed by atoms with Crippen LogP contribution in [-0.4, -0.2) is 58.6 Å². The van der Waals surface area contributed by atoms with Gasteiger partial charge in [-0.3, -0.25) is 9.36 Å². The van der Waals surface area contributed by atoms with Gasteiger partial charge in [0.2, 0.25) is 5.91 Å². The first-order valence-electron chi connectivity index (χ1n) is 9.90. The van der Waals surface area contributed by atoms with Crippen molar-refractivity contribution >= 4 is 27.5 Å². The Morgan fingerprint density at radius 2 is 2.10 bits per heavy atom. The number of carbonyl (C=O) groups is 1. The number of amides is 1. The average molecular weight is 436 g/mol. The van der Waals surface area contributed by atoms with Crippen molar-refractivity contribution < 1.29 is 13.2 Å². The summed E-state index contributed by atoms with van der Waals surface area (Å²) in [5, 5.41) is 0.760. The summed E-state index contributed by atoms with van der Waals surface area (Å²) in [7, 11) is -3.04. The molecule has 1 aliphatic rings. The third kappa shape index (κ3) is 5.42. The number of nitrogens with zero attached hydrogens (tertiary/aromatic N) is 3. The Bertz CT molecular complexity index is 983. The fourth-order valence-electron chi connectivity index (χ4n) is 3.64. The van der Waals surface area contributed by atoms with Crippen LogP contribution in [0.3, 0.4) is 0 Å². The van der Waals surface area contributed by atoms with Gasteiger partial charge in [-0.15, -0.1) is 0 Å². The van der Waals surface area contributed by atoms with E-state index in [1.807, 2.05) is 24.6 Å². The van der Waals surface area contributed by atoms with Gasteiger partial charge in [-0.25, -0.2) is 13.4 Å². The Morgan fingerprint density at radius 3 is 2.76 bits per heavy atom. The molecule has 0 aliphatic carbocycles. The standard InChI is InChI=1S/C21H29N3O3S2/c1-15(2)12-24(18-7-10-29(26,27)14-18)20(25)13-28-21-22-8-9-23(21)19-11-16(3)5-6-17(19)4/h5-6,8-9,11,15,18H,7,10,12-14H2,1-4H3. The Balaban J connectivity index is 1.74. The largest absolute Gasteiger partial charge is 0.338 e. The second-order valence-electron chi connectivity index (χ2n) is 8.16. The predicted molar refractivity (Wildman–Crippen MR) is 117 cm³/mol. The molecule has 0 spiro atoms. The van der Waals surface area contributed by atoms with Gasteiger partial charge in [0.25, 0.3) is 0 Å². The molecule has 1 amide bonds. The number of hydrogen-bond donors (Lipinski definition) is 0. The zero-order valence-corrected chi connectivity index (χ0v) is 19.1. The molecule has 1 aromatic carbocycles. The second-order valence-corrected chi connectivity index (χ2v) is 11.3. The van der Waals surface area contributed by atoms with Crippen LogP contribution in [0.15, 0.2) is 35.7 Å². The van der Waals surface area contributed by atoms with E-state index in [9.17, 15) is 13.2 Å². The normalized spacial score (nSPS) is 18.3. The lowest BCUT2D eigenvalue weighted by molar-refractivity contribution is -0.130. The molecular formula is C21H29N3O3S2. The molecule has 0 saturated carbocycles. The lowest BCUT2D eigenvalue weighted by Crippen LogP contribution is -2.44. The molecule has 1 atom stereocenters. The van der Waals surface area contributed by atoms with Gasteiger partial charge in [0.05, 0.1) is 22.9 Å². The van der Waals surface area contributed by atoms with E-state index >= 15 is 0 Å². The topological polar surface area (TPSA) is 72.3 Å². The molecule has 6 nitrogen and oxygen atoms in total. The summed E-state index contributed by atoms with van der Waals surface area (Å²) < 4.78 is 25.8. The van der Waals surface area contributed by atoms with Gasteiger partial charge in [0.15, 0.2) is 15.0 Å². The molecule has 0 radical (unpaired) electrons. The zero-order chi connectivity index (χ0) is 21.2. The maximum atomic E-state index is 13.0. The first-order chi connectivity index (χ1) is 13.7. The van der Waals surface area contributed by atoms with E-state index in [2.05, 4.69) is 37.0 Å². The summed E-state index contributed by atoms with van der Waals surface area (Å²) >= 11 is 1.40. The SMILES string of the molecule is Cc1ccc(C)c(-n2ccnc2SCC(=O)N(CC(C)C)C2CCS(=O)(=O)C2)c1. The second kappa shape index (κ2) is 8.92. The third-order valence-electron chi connectivity index (χ3n) is 5.09. The molecule has 1 unspecified atom stereocenters. The Hall–Kier alpha value is -1.80. The number of imidazole rings is 1. The van der Waals surface area contributed by atoms with Crippen LogP contribution < -0.4 is 0 Å². The summed E-state index contributed by atoms with van der Waals surface area (Å²) in [6.45, 7) is 8.77. The van der Waals surface area contributed by atoms with Crippen LogP contribution in [0, 0.1) is 19.8 Å². The van der Waals surface area contributed by atoms with Gasteiger partial charge >= 0.3 is 0 Å². The number of hydrogen-bond acceptors (Lipinski definition) is 5. The third-order valence-corrected chi connectivity index (χ3v) is 7.79. The van der Waals surface area contributed by atoms with Crippen LogP contribution in [0.4, 0.5) is 0 Å². The summed E-state index contributed by atoms with van der Waals surface area (Å²) in [6.07, 6.45) is 4.18. The van der Waals surface area contributed by atoms with Gasteiger partial charge in [-0.1, -0.05) is 37.7 Å². The molecule has 1 saturated heterocycles. The van der Waals surface area contributed by atoms with Crippen molar-refractivity contribution in [3.8, 4) is 5.69 Å². The van der Waals surface area contributed by atoms with Crippen LogP contribution >= 0.6 is 11.8 Å². The van der Waals surface area contributed by atoms with E-state index in [0.717, 1.165) is 22.0 Å². The van der Waals surface area contributed by atoms with Crippen LogP contribution in [0.25, 0.3) is 5.69 Å². The van der Waals surface area contributed by atoms with Crippen LogP contribution in [0.5, 0.6) is 0 Å². The molecule has 0 bridgehead atoms. The number of aryl methyl sites for hydroxylation is 2. The molecule has 1 aromatic heterocycles. The number of aromatic nitrogens is 2. The number of rotatable bonds is 7. The molecule has 158 valence electrons. The minimum atomic E-state index is -3.04. The number of benzene rings is 1. The molecule has 8 heteroatoms. The molecule has 1 fully saturated rings. The fraction of sp³-hybridized carbons (Fsp3) is 0.524. The quantitative estimate of drug-likeness (QED) is 0.624. The number of carbonyl (C=O) groups excluding carboxylic acids is 1. The molecule has 1 aliphatic heterocycles. The van der Waals surface area contributed by atoms with Crippen LogP contribution in [-0.2, 0) is 14.6 Å². The first-order valence-corrected chi connectivity index (χ1v) is 12.7. The van der Waals surface area contributed by atoms with Gasteiger partial charge in [-0.05, 0) is 43.4 Å². The lowest BCUT2D eigenvalue weighted by atomic mass is 10.1. The lowest BCUT2D eigenvalue weighted by Gasteiger charge is -2.30. The van der Waals surface area contributed by atoms with Crippen molar-refractivity contribution in [3.05, 3.63) is 41.7 Å². The van der Waals surface area contributed by atoms with E-state index in [0.29, 0.717) is 13.0 Å². The molecule has 3 rings (SSSR count). The first kappa shape index (κ1) is 21.9. The van der Waals surface area contributed by atoms with Gasteiger partial charge in [0, 0.05) is 25.0 Å². The number of thioether (sulfide) groups is 1. The maximum absolute atomic E-state index is 13.0. The summed E-state index contributed by atoms with van der Waals surface area (Å²) in [6, 6.07) is 6.05. The van der Waals surface area contributed by atoms with E-state index in [4.69, 9.17) is 0 Å². The molecule has 29 heavy (non-hydrogen) atoms. The minimum absolute atomic E-state index is 0.0266. The highest BCUT2D eigenvalue weighted by molar-refractivity contribution is 7.99. The van der Waals surface area contributed by atoms with Crippen LogP contribution in [0.1, 0.15) is 31.4 Å². The predicted octanol–water partition coefficient (Wildman–Crippen LogP) is 3.25. The van der Waals surface area contributed by atoms with E-state index in [-0.39, 0.29) is 35.1 Å². The smallest absolute Gasteiger partial charge is 0.233 e. The number of sulfone groups is 1. The van der Waals surface area contributed by atoms with Crippen LogP contribution in [0.2, 0.25) is 0 Å². The maximum Gasteiger partial charge on any atom is 0.233 e. The highest BCUT2D eigenvalue weighted by Gasteiger charge is 2.34. The Labute approximate surface area is 177 Å². The highest BCUT2D eigenvalue weighted by Crippen LogP contribution is 2.25. The average Bonchev–Trinajstić information content (AvgIpc) is 3.25. The van der Waals surface area contributed by atoms with Crippen molar-refractivity contribution in [1.29, 1.82) is 0 Å². The summed E-state index contributed by atoms with van der Waals surface area (Å²) in [4.78, 5) is 19.2. The Kier molecular flexibility index (Phi) is 6.73. The molecule has 2 aromatic rings. The van der Waals surface area contributed by atoms with Gasteiger partial charge in [-0.2, -0.15) is 0 Å². The van der Waals surface area contributed by atoms with Crippen molar-refractivity contribution in [2.45, 2.75) is 45.3 Å². The van der Waals surface area contributed by atoms with E-state index < -0.39 is 9.84 Å². The summed E-state index contributed by atoms with van der Waals surface area (Å²) in [5.41, 5.74) is 3.36. The van der Waals surface area contributed by atoms with Crippen molar-refractivity contribution in [2.75, 3.05) is 23.8 Å².